The number of rotatable bonds is 6. The first-order chi connectivity index (χ1) is 13.3. The number of halogens is 1. The third-order valence-electron chi connectivity index (χ3n) is 6.88. The average molecular weight is 389 g/mol. The standard InChI is InChI=1S/C22H28FNO4/c1-3-13(2)20-17-6-4-5-16(14-7-9-15(23)10-8-14)22(17,12-24-20)18(21(27)28)11-19(25)26/h7-11,13,16-17,20,24H,3-6,12H2,1-2H3,(H,25,26)(H,27,28)/t13?,16-,17-,20?,22+/m0/s1. The van der Waals surface area contributed by atoms with Crippen molar-refractivity contribution in [2.24, 2.45) is 17.3 Å². The summed E-state index contributed by atoms with van der Waals surface area (Å²) in [6, 6.07) is 6.33. The Balaban J connectivity index is 2.18. The Bertz CT molecular complexity index is 775. The van der Waals surface area contributed by atoms with E-state index in [4.69, 9.17) is 0 Å². The van der Waals surface area contributed by atoms with Crippen molar-refractivity contribution in [1.82, 2.24) is 5.32 Å². The minimum Gasteiger partial charge on any atom is -0.478 e. The Hall–Kier alpha value is -2.21. The van der Waals surface area contributed by atoms with Crippen LogP contribution in [0.1, 0.15) is 51.0 Å². The van der Waals surface area contributed by atoms with Crippen molar-refractivity contribution in [2.45, 2.75) is 51.5 Å². The largest absolute Gasteiger partial charge is 0.478 e. The molecule has 5 atom stereocenters. The molecule has 0 aromatic heterocycles. The monoisotopic (exact) mass is 389 g/mol. The number of carboxylic acids is 2. The molecule has 0 amide bonds. The van der Waals surface area contributed by atoms with Gasteiger partial charge in [0.25, 0.3) is 0 Å². The first-order valence-electron chi connectivity index (χ1n) is 9.98. The number of hydrogen-bond donors (Lipinski definition) is 3. The first kappa shape index (κ1) is 20.5. The van der Waals surface area contributed by atoms with Crippen molar-refractivity contribution < 1.29 is 24.2 Å². The molecule has 0 spiro atoms. The van der Waals surface area contributed by atoms with E-state index < -0.39 is 17.4 Å². The van der Waals surface area contributed by atoms with Gasteiger partial charge in [0.15, 0.2) is 0 Å². The number of hydrogen-bond acceptors (Lipinski definition) is 3. The van der Waals surface area contributed by atoms with E-state index in [-0.39, 0.29) is 29.3 Å². The Morgan fingerprint density at radius 3 is 2.54 bits per heavy atom. The van der Waals surface area contributed by atoms with Gasteiger partial charge < -0.3 is 15.5 Å². The molecule has 0 radical (unpaired) electrons. The maximum atomic E-state index is 13.5. The van der Waals surface area contributed by atoms with Crippen LogP contribution < -0.4 is 5.32 Å². The Labute approximate surface area is 164 Å². The van der Waals surface area contributed by atoms with Crippen molar-refractivity contribution in [2.75, 3.05) is 6.54 Å². The number of fused-ring (bicyclic) bond motifs is 1. The number of nitrogens with one attached hydrogen (secondary N) is 1. The first-order valence-corrected chi connectivity index (χ1v) is 9.98. The summed E-state index contributed by atoms with van der Waals surface area (Å²) < 4.78 is 13.5. The molecule has 2 aliphatic rings. The van der Waals surface area contributed by atoms with E-state index in [1.54, 1.807) is 12.1 Å². The molecule has 1 aromatic rings. The third-order valence-corrected chi connectivity index (χ3v) is 6.88. The zero-order valence-electron chi connectivity index (χ0n) is 16.3. The van der Waals surface area contributed by atoms with Gasteiger partial charge in [0.2, 0.25) is 0 Å². The van der Waals surface area contributed by atoms with Crippen LogP contribution in [0.15, 0.2) is 35.9 Å². The van der Waals surface area contributed by atoms with E-state index >= 15 is 0 Å². The van der Waals surface area contributed by atoms with Crippen LogP contribution in [0.5, 0.6) is 0 Å². The molecule has 3 N–H and O–H groups in total. The zero-order chi connectivity index (χ0) is 20.5. The van der Waals surface area contributed by atoms with Crippen LogP contribution >= 0.6 is 0 Å². The fourth-order valence-corrected chi connectivity index (χ4v) is 5.51. The molecule has 5 nitrogen and oxygen atoms in total. The lowest BCUT2D eigenvalue weighted by Gasteiger charge is -2.48. The summed E-state index contributed by atoms with van der Waals surface area (Å²) in [6.45, 7) is 4.68. The Morgan fingerprint density at radius 2 is 1.96 bits per heavy atom. The van der Waals surface area contributed by atoms with E-state index in [2.05, 4.69) is 19.2 Å². The van der Waals surface area contributed by atoms with E-state index in [0.29, 0.717) is 12.5 Å². The van der Waals surface area contributed by atoms with Gasteiger partial charge in [-0.3, -0.25) is 0 Å². The summed E-state index contributed by atoms with van der Waals surface area (Å²) >= 11 is 0. The summed E-state index contributed by atoms with van der Waals surface area (Å²) in [7, 11) is 0. The predicted octanol–water partition coefficient (Wildman–Crippen LogP) is 3.81. The van der Waals surface area contributed by atoms with Gasteiger partial charge in [0.1, 0.15) is 5.82 Å². The zero-order valence-corrected chi connectivity index (χ0v) is 16.3. The maximum absolute atomic E-state index is 13.5. The molecule has 3 rings (SSSR count). The minimum absolute atomic E-state index is 0.0213. The summed E-state index contributed by atoms with van der Waals surface area (Å²) in [6.07, 6.45) is 4.36. The molecule has 2 fully saturated rings. The lowest BCUT2D eigenvalue weighted by molar-refractivity contribution is -0.137. The molecule has 1 heterocycles. The van der Waals surface area contributed by atoms with Crippen molar-refractivity contribution in [3.8, 4) is 0 Å². The van der Waals surface area contributed by atoms with Crippen molar-refractivity contribution in [3.05, 3.63) is 47.3 Å². The van der Waals surface area contributed by atoms with Gasteiger partial charge in [-0.1, -0.05) is 38.8 Å². The molecule has 1 aliphatic carbocycles. The van der Waals surface area contributed by atoms with Crippen molar-refractivity contribution >= 4 is 11.9 Å². The van der Waals surface area contributed by atoms with Crippen LogP contribution in [0.3, 0.4) is 0 Å². The Kier molecular flexibility index (Phi) is 5.89. The number of benzene rings is 1. The molecule has 1 saturated heterocycles. The SMILES string of the molecule is CCC(C)C1NC[C@@]2(C(=CC(=O)O)C(=O)O)[C@H](c3ccc(F)cc3)CCC[C@@H]12. The summed E-state index contributed by atoms with van der Waals surface area (Å²) in [5.74, 6) is -2.58. The predicted molar refractivity (Wildman–Crippen MR) is 104 cm³/mol. The highest BCUT2D eigenvalue weighted by molar-refractivity contribution is 5.96. The molecule has 1 aliphatic heterocycles. The van der Waals surface area contributed by atoms with E-state index in [1.165, 1.54) is 12.1 Å². The molecule has 28 heavy (non-hydrogen) atoms. The maximum Gasteiger partial charge on any atom is 0.332 e. The fraction of sp³-hybridized carbons (Fsp3) is 0.545. The molecule has 0 bridgehead atoms. The highest BCUT2D eigenvalue weighted by Crippen LogP contribution is 2.59. The van der Waals surface area contributed by atoms with Gasteiger partial charge in [-0.05, 0) is 48.3 Å². The van der Waals surface area contributed by atoms with Crippen LogP contribution in [0.25, 0.3) is 0 Å². The molecule has 152 valence electrons. The van der Waals surface area contributed by atoms with Crippen LogP contribution in [0, 0.1) is 23.1 Å². The number of carbonyl (C=O) groups is 2. The number of aliphatic carboxylic acids is 2. The van der Waals surface area contributed by atoms with Gasteiger partial charge in [-0.25, -0.2) is 14.0 Å². The van der Waals surface area contributed by atoms with Crippen LogP contribution in [-0.2, 0) is 9.59 Å². The third kappa shape index (κ3) is 3.46. The van der Waals surface area contributed by atoms with E-state index in [1.807, 2.05) is 0 Å². The van der Waals surface area contributed by atoms with Crippen LogP contribution in [0.2, 0.25) is 0 Å². The lowest BCUT2D eigenvalue weighted by Crippen LogP contribution is -2.46. The lowest BCUT2D eigenvalue weighted by atomic mass is 9.54. The fourth-order valence-electron chi connectivity index (χ4n) is 5.51. The molecule has 1 saturated carbocycles. The topological polar surface area (TPSA) is 86.6 Å². The average Bonchev–Trinajstić information content (AvgIpc) is 3.06. The van der Waals surface area contributed by atoms with E-state index in [9.17, 15) is 24.2 Å². The van der Waals surface area contributed by atoms with Crippen LogP contribution in [-0.4, -0.2) is 34.7 Å². The highest BCUT2D eigenvalue weighted by atomic mass is 19.1. The second-order valence-corrected chi connectivity index (χ2v) is 8.18. The normalized spacial score (nSPS) is 31.2. The van der Waals surface area contributed by atoms with Crippen molar-refractivity contribution in [1.29, 1.82) is 0 Å². The summed E-state index contributed by atoms with van der Waals surface area (Å²) in [5, 5.41) is 22.9. The molecular weight excluding hydrogens is 361 g/mol. The van der Waals surface area contributed by atoms with Gasteiger partial charge in [-0.2, -0.15) is 0 Å². The molecule has 2 unspecified atom stereocenters. The minimum atomic E-state index is -1.25. The summed E-state index contributed by atoms with van der Waals surface area (Å²) in [5.41, 5.74) is 0.00145. The van der Waals surface area contributed by atoms with E-state index in [0.717, 1.165) is 37.3 Å². The van der Waals surface area contributed by atoms with Gasteiger partial charge in [-0.15, -0.1) is 0 Å². The van der Waals surface area contributed by atoms with Crippen molar-refractivity contribution in [3.63, 3.8) is 0 Å². The molecule has 6 heteroatoms. The van der Waals surface area contributed by atoms with Crippen LogP contribution in [0.4, 0.5) is 4.39 Å². The van der Waals surface area contributed by atoms with Gasteiger partial charge in [0, 0.05) is 24.1 Å². The number of carboxylic acid groups (broad SMARTS) is 2. The smallest absolute Gasteiger partial charge is 0.332 e. The molecular formula is C22H28FNO4. The quantitative estimate of drug-likeness (QED) is 0.644. The van der Waals surface area contributed by atoms with Gasteiger partial charge in [0.05, 0.1) is 5.57 Å². The summed E-state index contributed by atoms with van der Waals surface area (Å²) in [4.78, 5) is 23.7. The second kappa shape index (κ2) is 8.03. The Morgan fingerprint density at radius 1 is 1.29 bits per heavy atom. The molecule has 1 aromatic carbocycles. The van der Waals surface area contributed by atoms with Gasteiger partial charge >= 0.3 is 11.9 Å². The highest BCUT2D eigenvalue weighted by Gasteiger charge is 2.59. The second-order valence-electron chi connectivity index (χ2n) is 8.18.